The minimum absolute atomic E-state index is 0.193. The van der Waals surface area contributed by atoms with E-state index in [1.54, 1.807) is 0 Å². The number of anilines is 1. The summed E-state index contributed by atoms with van der Waals surface area (Å²) in [6, 6.07) is 9.69. The molecule has 1 N–H and O–H groups in total. The molecule has 0 atom stereocenters. The van der Waals surface area contributed by atoms with Crippen LogP contribution in [0.5, 0.6) is 0 Å². The number of rotatable bonds is 2. The number of ketones is 1. The maximum atomic E-state index is 10.9. The number of hydrogen-bond acceptors (Lipinski definition) is 2. The quantitative estimate of drug-likeness (QED) is 0.714. The molecule has 1 aliphatic rings. The van der Waals surface area contributed by atoms with Crippen molar-refractivity contribution in [3.8, 4) is 0 Å². The standard InChI is InChI=1S/C10H9NO/c12-10-7-6-9(10)11-8-4-2-1-3-5-8/h1-6,11H,7H2. The van der Waals surface area contributed by atoms with Crippen LogP contribution in [-0.2, 0) is 4.79 Å². The van der Waals surface area contributed by atoms with Crippen molar-refractivity contribution in [1.82, 2.24) is 0 Å². The second-order valence-electron chi connectivity index (χ2n) is 2.74. The Morgan fingerprint density at radius 3 is 2.42 bits per heavy atom. The minimum Gasteiger partial charge on any atom is -0.353 e. The number of para-hydroxylation sites is 1. The Kier molecular flexibility index (Phi) is 1.67. The molecule has 2 heteroatoms. The number of carbonyl (C=O) groups is 1. The molecule has 1 aliphatic carbocycles. The van der Waals surface area contributed by atoms with Crippen molar-refractivity contribution in [2.24, 2.45) is 0 Å². The van der Waals surface area contributed by atoms with Gasteiger partial charge in [-0.25, -0.2) is 0 Å². The van der Waals surface area contributed by atoms with Gasteiger partial charge in [0.15, 0.2) is 5.78 Å². The van der Waals surface area contributed by atoms with E-state index in [2.05, 4.69) is 5.32 Å². The van der Waals surface area contributed by atoms with Crippen LogP contribution in [0, 0.1) is 0 Å². The maximum absolute atomic E-state index is 10.9. The van der Waals surface area contributed by atoms with Gasteiger partial charge < -0.3 is 5.32 Å². The smallest absolute Gasteiger partial charge is 0.182 e. The summed E-state index contributed by atoms with van der Waals surface area (Å²) in [5, 5.41) is 3.04. The molecule has 0 aliphatic heterocycles. The Morgan fingerprint density at radius 1 is 1.17 bits per heavy atom. The van der Waals surface area contributed by atoms with Gasteiger partial charge in [-0.2, -0.15) is 0 Å². The lowest BCUT2D eigenvalue weighted by Crippen LogP contribution is -2.18. The Bertz CT molecular complexity index is 327. The summed E-state index contributed by atoms with van der Waals surface area (Å²) in [7, 11) is 0. The summed E-state index contributed by atoms with van der Waals surface area (Å²) in [6.45, 7) is 0. The van der Waals surface area contributed by atoms with Crippen molar-refractivity contribution in [3.05, 3.63) is 42.1 Å². The summed E-state index contributed by atoms with van der Waals surface area (Å²) in [5.74, 6) is 0.193. The largest absolute Gasteiger partial charge is 0.353 e. The van der Waals surface area contributed by atoms with E-state index >= 15 is 0 Å². The fourth-order valence-corrected chi connectivity index (χ4v) is 1.09. The van der Waals surface area contributed by atoms with Crippen molar-refractivity contribution >= 4 is 11.5 Å². The summed E-state index contributed by atoms with van der Waals surface area (Å²) < 4.78 is 0. The number of hydrogen-bond donors (Lipinski definition) is 1. The number of nitrogens with one attached hydrogen (secondary N) is 1. The first-order valence-electron chi connectivity index (χ1n) is 3.92. The van der Waals surface area contributed by atoms with Crippen molar-refractivity contribution in [1.29, 1.82) is 0 Å². The first kappa shape index (κ1) is 7.10. The lowest BCUT2D eigenvalue weighted by atomic mass is 10.0. The summed E-state index contributed by atoms with van der Waals surface area (Å²) in [5.41, 5.74) is 1.69. The van der Waals surface area contributed by atoms with Gasteiger partial charge >= 0.3 is 0 Å². The molecule has 12 heavy (non-hydrogen) atoms. The zero-order valence-electron chi connectivity index (χ0n) is 6.58. The SMILES string of the molecule is O=C1CC=C1Nc1ccccc1. The van der Waals surface area contributed by atoms with Crippen molar-refractivity contribution in [2.75, 3.05) is 5.32 Å². The van der Waals surface area contributed by atoms with Crippen LogP contribution in [0.2, 0.25) is 0 Å². The van der Waals surface area contributed by atoms with Gasteiger partial charge in [0.1, 0.15) is 0 Å². The molecule has 0 amide bonds. The van der Waals surface area contributed by atoms with Crippen molar-refractivity contribution in [3.63, 3.8) is 0 Å². The van der Waals surface area contributed by atoms with Gasteiger partial charge in [-0.3, -0.25) is 4.79 Å². The van der Waals surface area contributed by atoms with Gasteiger partial charge in [0.25, 0.3) is 0 Å². The molecule has 2 nitrogen and oxygen atoms in total. The molecule has 0 heterocycles. The monoisotopic (exact) mass is 159 g/mol. The van der Waals surface area contributed by atoms with Gasteiger partial charge in [-0.05, 0) is 18.2 Å². The lowest BCUT2D eigenvalue weighted by molar-refractivity contribution is -0.116. The molecule has 2 rings (SSSR count). The number of Topliss-reactive ketones (excluding diaryl/α,β-unsaturated/α-hetero) is 1. The molecule has 1 aromatic rings. The molecular weight excluding hydrogens is 150 g/mol. The molecule has 0 saturated heterocycles. The van der Waals surface area contributed by atoms with E-state index in [0.717, 1.165) is 11.4 Å². The highest BCUT2D eigenvalue weighted by Gasteiger charge is 2.16. The number of allylic oxidation sites excluding steroid dienone is 2. The van der Waals surface area contributed by atoms with E-state index in [4.69, 9.17) is 0 Å². The minimum atomic E-state index is 0.193. The Morgan fingerprint density at radius 2 is 1.92 bits per heavy atom. The van der Waals surface area contributed by atoms with Crippen LogP contribution in [0.4, 0.5) is 5.69 Å². The zero-order chi connectivity index (χ0) is 8.39. The van der Waals surface area contributed by atoms with Gasteiger partial charge in [0.05, 0.1) is 5.70 Å². The zero-order valence-corrected chi connectivity index (χ0v) is 6.58. The van der Waals surface area contributed by atoms with E-state index < -0.39 is 0 Å². The highest BCUT2D eigenvalue weighted by molar-refractivity contribution is 6.04. The molecule has 0 radical (unpaired) electrons. The van der Waals surface area contributed by atoms with Crippen LogP contribution in [0.25, 0.3) is 0 Å². The predicted octanol–water partition coefficient (Wildman–Crippen LogP) is 1.96. The molecule has 0 spiro atoms. The lowest BCUT2D eigenvalue weighted by Gasteiger charge is -2.14. The number of benzene rings is 1. The molecule has 60 valence electrons. The van der Waals surface area contributed by atoms with Crippen molar-refractivity contribution < 1.29 is 4.79 Å². The van der Waals surface area contributed by atoms with Gasteiger partial charge in [-0.1, -0.05) is 18.2 Å². The van der Waals surface area contributed by atoms with Crippen LogP contribution in [0.15, 0.2) is 42.1 Å². The van der Waals surface area contributed by atoms with E-state index in [1.807, 2.05) is 36.4 Å². The third-order valence-corrected chi connectivity index (χ3v) is 1.84. The third-order valence-electron chi connectivity index (χ3n) is 1.84. The third kappa shape index (κ3) is 1.23. The van der Waals surface area contributed by atoms with Gasteiger partial charge in [0.2, 0.25) is 0 Å². The van der Waals surface area contributed by atoms with E-state index in [9.17, 15) is 4.79 Å². The van der Waals surface area contributed by atoms with Crippen molar-refractivity contribution in [2.45, 2.75) is 6.42 Å². The summed E-state index contributed by atoms with van der Waals surface area (Å²) >= 11 is 0. The molecule has 0 fully saturated rings. The molecule has 0 unspecified atom stereocenters. The molecule has 0 bridgehead atoms. The maximum Gasteiger partial charge on any atom is 0.182 e. The second kappa shape index (κ2) is 2.81. The topological polar surface area (TPSA) is 29.1 Å². The van der Waals surface area contributed by atoms with Crippen LogP contribution in [0.1, 0.15) is 6.42 Å². The van der Waals surface area contributed by atoms with Gasteiger partial charge in [-0.15, -0.1) is 0 Å². The average Bonchev–Trinajstić information content (AvgIpc) is 2.14. The molecule has 0 saturated carbocycles. The summed E-state index contributed by atoms with van der Waals surface area (Å²) in [4.78, 5) is 10.9. The van der Waals surface area contributed by atoms with E-state index in [0.29, 0.717) is 6.42 Å². The van der Waals surface area contributed by atoms with E-state index in [1.165, 1.54) is 0 Å². The number of carbonyl (C=O) groups excluding carboxylic acids is 1. The fraction of sp³-hybridized carbons (Fsp3) is 0.100. The predicted molar refractivity (Wildman–Crippen MR) is 47.8 cm³/mol. The first-order valence-corrected chi connectivity index (χ1v) is 3.92. The normalized spacial score (nSPS) is 15.0. The highest BCUT2D eigenvalue weighted by atomic mass is 16.1. The van der Waals surface area contributed by atoms with E-state index in [-0.39, 0.29) is 5.78 Å². The first-order chi connectivity index (χ1) is 5.86. The molecule has 0 aromatic heterocycles. The Balaban J connectivity index is 2.10. The Labute approximate surface area is 70.9 Å². The highest BCUT2D eigenvalue weighted by Crippen LogP contribution is 2.16. The fourth-order valence-electron chi connectivity index (χ4n) is 1.09. The van der Waals surface area contributed by atoms with Crippen LogP contribution in [0.3, 0.4) is 0 Å². The van der Waals surface area contributed by atoms with Crippen LogP contribution < -0.4 is 5.32 Å². The molecular formula is C10H9NO. The van der Waals surface area contributed by atoms with Gasteiger partial charge in [0, 0.05) is 12.1 Å². The van der Waals surface area contributed by atoms with Crippen LogP contribution >= 0.6 is 0 Å². The second-order valence-corrected chi connectivity index (χ2v) is 2.74. The average molecular weight is 159 g/mol. The van der Waals surface area contributed by atoms with Crippen LogP contribution in [-0.4, -0.2) is 5.78 Å². The molecule has 1 aromatic carbocycles. The summed E-state index contributed by atoms with van der Waals surface area (Å²) in [6.07, 6.45) is 2.48. The Hall–Kier alpha value is -1.57.